The first kappa shape index (κ1) is 19.7. The van der Waals surface area contributed by atoms with Gasteiger partial charge in [-0.05, 0) is 29.2 Å². The largest absolute Gasteiger partial charge is 0.352 e. The van der Waals surface area contributed by atoms with Crippen molar-refractivity contribution in [3.63, 3.8) is 0 Å². The van der Waals surface area contributed by atoms with E-state index in [2.05, 4.69) is 62.6 Å². The number of hydrogen-bond acceptors (Lipinski definition) is 3. The average Bonchev–Trinajstić information content (AvgIpc) is 3.30. The molecule has 0 atom stereocenters. The van der Waals surface area contributed by atoms with Crippen LogP contribution in [0.2, 0.25) is 0 Å². The van der Waals surface area contributed by atoms with Crippen molar-refractivity contribution >= 4 is 22.6 Å². The fraction of sp³-hybridized carbons (Fsp3) is 0.478. The van der Waals surface area contributed by atoms with Crippen molar-refractivity contribution in [2.75, 3.05) is 52.9 Å². The SMILES string of the molecule is CN=C(NCc1cccc2ccccc12)N1CCN(CC(=O)N2CCCC2)CC1. The second kappa shape index (κ2) is 9.27. The summed E-state index contributed by atoms with van der Waals surface area (Å²) < 4.78 is 0. The van der Waals surface area contributed by atoms with Crippen LogP contribution in [0.25, 0.3) is 10.8 Å². The molecule has 0 saturated carbocycles. The van der Waals surface area contributed by atoms with E-state index in [1.54, 1.807) is 0 Å². The number of likely N-dealkylation sites (tertiary alicyclic amines) is 1. The summed E-state index contributed by atoms with van der Waals surface area (Å²) in [6.07, 6.45) is 2.30. The minimum absolute atomic E-state index is 0.286. The first-order valence-corrected chi connectivity index (χ1v) is 10.7. The Balaban J connectivity index is 1.29. The van der Waals surface area contributed by atoms with E-state index >= 15 is 0 Å². The first-order valence-electron chi connectivity index (χ1n) is 10.7. The number of guanidine groups is 1. The molecule has 0 bridgehead atoms. The van der Waals surface area contributed by atoms with Crippen LogP contribution in [0.5, 0.6) is 0 Å². The van der Waals surface area contributed by atoms with Gasteiger partial charge in [-0.1, -0.05) is 42.5 Å². The van der Waals surface area contributed by atoms with Crippen LogP contribution in [0.4, 0.5) is 0 Å². The Kier molecular flexibility index (Phi) is 6.30. The molecule has 2 heterocycles. The Morgan fingerprint density at radius 2 is 1.66 bits per heavy atom. The minimum atomic E-state index is 0.286. The van der Waals surface area contributed by atoms with Crippen molar-refractivity contribution in [3.8, 4) is 0 Å². The molecule has 4 rings (SSSR count). The lowest BCUT2D eigenvalue weighted by Gasteiger charge is -2.36. The summed E-state index contributed by atoms with van der Waals surface area (Å²) in [6.45, 7) is 6.75. The molecule has 29 heavy (non-hydrogen) atoms. The molecule has 6 nitrogen and oxygen atoms in total. The van der Waals surface area contributed by atoms with E-state index in [-0.39, 0.29) is 5.91 Å². The van der Waals surface area contributed by atoms with Crippen molar-refractivity contribution in [3.05, 3.63) is 48.0 Å². The number of amides is 1. The normalized spacial score (nSPS) is 18.4. The van der Waals surface area contributed by atoms with Crippen LogP contribution < -0.4 is 5.32 Å². The molecule has 154 valence electrons. The first-order chi connectivity index (χ1) is 14.2. The zero-order chi connectivity index (χ0) is 20.1. The Hall–Kier alpha value is -2.60. The maximum atomic E-state index is 12.4. The molecule has 0 unspecified atom stereocenters. The van der Waals surface area contributed by atoms with Gasteiger partial charge in [-0.25, -0.2) is 0 Å². The molecule has 2 saturated heterocycles. The molecule has 0 aromatic heterocycles. The highest BCUT2D eigenvalue weighted by Gasteiger charge is 2.24. The van der Waals surface area contributed by atoms with E-state index in [1.807, 2.05) is 11.9 Å². The number of fused-ring (bicyclic) bond motifs is 1. The Morgan fingerprint density at radius 3 is 2.41 bits per heavy atom. The predicted octanol–water partition coefficient (Wildman–Crippen LogP) is 2.16. The van der Waals surface area contributed by atoms with Crippen LogP contribution in [0, 0.1) is 0 Å². The van der Waals surface area contributed by atoms with Crippen molar-refractivity contribution in [1.82, 2.24) is 20.0 Å². The van der Waals surface area contributed by atoms with Crippen LogP contribution in [-0.2, 0) is 11.3 Å². The van der Waals surface area contributed by atoms with Crippen LogP contribution in [0.1, 0.15) is 18.4 Å². The van der Waals surface area contributed by atoms with Crippen molar-refractivity contribution in [1.29, 1.82) is 0 Å². The molecule has 0 aliphatic carbocycles. The third-order valence-corrected chi connectivity index (χ3v) is 6.02. The number of benzene rings is 2. The minimum Gasteiger partial charge on any atom is -0.352 e. The van der Waals surface area contributed by atoms with Gasteiger partial charge < -0.3 is 15.1 Å². The lowest BCUT2D eigenvalue weighted by atomic mass is 10.0. The Morgan fingerprint density at radius 1 is 0.931 bits per heavy atom. The summed E-state index contributed by atoms with van der Waals surface area (Å²) in [5.74, 6) is 1.22. The van der Waals surface area contributed by atoms with Crippen molar-refractivity contribution < 1.29 is 4.79 Å². The molecule has 2 aromatic carbocycles. The molecule has 2 aliphatic heterocycles. The van der Waals surface area contributed by atoms with Gasteiger partial charge in [0.1, 0.15) is 0 Å². The summed E-state index contributed by atoms with van der Waals surface area (Å²) in [6, 6.07) is 14.9. The number of nitrogens with one attached hydrogen (secondary N) is 1. The predicted molar refractivity (Wildman–Crippen MR) is 118 cm³/mol. The Labute approximate surface area is 173 Å². The van der Waals surface area contributed by atoms with E-state index in [0.29, 0.717) is 6.54 Å². The van der Waals surface area contributed by atoms with Gasteiger partial charge >= 0.3 is 0 Å². The quantitative estimate of drug-likeness (QED) is 0.639. The number of aliphatic imine (C=N–C) groups is 1. The zero-order valence-corrected chi connectivity index (χ0v) is 17.3. The van der Waals surface area contributed by atoms with Gasteiger partial charge in [0.25, 0.3) is 0 Å². The Bertz CT molecular complexity index is 861. The van der Waals surface area contributed by atoms with Crippen LogP contribution in [0.15, 0.2) is 47.5 Å². The lowest BCUT2D eigenvalue weighted by Crippen LogP contribution is -2.54. The smallest absolute Gasteiger partial charge is 0.236 e. The third-order valence-electron chi connectivity index (χ3n) is 6.02. The van der Waals surface area contributed by atoms with Gasteiger partial charge in [0.2, 0.25) is 5.91 Å². The summed E-state index contributed by atoms with van der Waals surface area (Å²) >= 11 is 0. The fourth-order valence-electron chi connectivity index (χ4n) is 4.33. The number of nitrogens with zero attached hydrogens (tertiary/aromatic N) is 4. The summed E-state index contributed by atoms with van der Waals surface area (Å²) in [7, 11) is 1.84. The monoisotopic (exact) mass is 393 g/mol. The second-order valence-corrected chi connectivity index (χ2v) is 7.89. The molecule has 1 amide bonds. The number of piperazine rings is 1. The van der Waals surface area contributed by atoms with E-state index in [4.69, 9.17) is 0 Å². The van der Waals surface area contributed by atoms with E-state index in [9.17, 15) is 4.79 Å². The second-order valence-electron chi connectivity index (χ2n) is 7.89. The standard InChI is InChI=1S/C23H31N5O/c1-24-23(25-17-20-9-6-8-19-7-2-3-10-21(19)20)28-15-13-26(14-16-28)18-22(29)27-11-4-5-12-27/h2-3,6-10H,4-5,11-18H2,1H3,(H,24,25). The van der Waals surface area contributed by atoms with Gasteiger partial charge in [0.05, 0.1) is 6.54 Å². The zero-order valence-electron chi connectivity index (χ0n) is 17.3. The highest BCUT2D eigenvalue weighted by atomic mass is 16.2. The summed E-state index contributed by atoms with van der Waals surface area (Å²) in [4.78, 5) is 23.5. The number of rotatable bonds is 4. The van der Waals surface area contributed by atoms with Gasteiger partial charge in [0.15, 0.2) is 5.96 Å². The molecule has 2 aliphatic rings. The van der Waals surface area contributed by atoms with E-state index in [1.165, 1.54) is 16.3 Å². The topological polar surface area (TPSA) is 51.2 Å². The molecule has 2 aromatic rings. The van der Waals surface area contributed by atoms with Crippen LogP contribution in [0.3, 0.4) is 0 Å². The van der Waals surface area contributed by atoms with Crippen LogP contribution >= 0.6 is 0 Å². The summed E-state index contributed by atoms with van der Waals surface area (Å²) in [5, 5.41) is 6.07. The maximum Gasteiger partial charge on any atom is 0.236 e. The molecule has 6 heteroatoms. The lowest BCUT2D eigenvalue weighted by molar-refractivity contribution is -0.131. The molecule has 2 fully saturated rings. The van der Waals surface area contributed by atoms with E-state index < -0.39 is 0 Å². The molecular formula is C23H31N5O. The van der Waals surface area contributed by atoms with Gasteiger partial charge in [-0.2, -0.15) is 0 Å². The highest BCUT2D eigenvalue weighted by Crippen LogP contribution is 2.18. The molecule has 1 N–H and O–H groups in total. The van der Waals surface area contributed by atoms with Gasteiger partial charge in [-0.15, -0.1) is 0 Å². The van der Waals surface area contributed by atoms with E-state index in [0.717, 1.165) is 64.6 Å². The molecule has 0 radical (unpaired) electrons. The van der Waals surface area contributed by atoms with Crippen molar-refractivity contribution in [2.45, 2.75) is 19.4 Å². The van der Waals surface area contributed by atoms with Gasteiger partial charge in [-0.3, -0.25) is 14.7 Å². The average molecular weight is 394 g/mol. The summed E-state index contributed by atoms with van der Waals surface area (Å²) in [5.41, 5.74) is 1.28. The van der Waals surface area contributed by atoms with Crippen molar-refractivity contribution in [2.24, 2.45) is 4.99 Å². The number of hydrogen-bond donors (Lipinski definition) is 1. The fourth-order valence-corrected chi connectivity index (χ4v) is 4.33. The molecular weight excluding hydrogens is 362 g/mol. The highest BCUT2D eigenvalue weighted by molar-refractivity contribution is 5.86. The van der Waals surface area contributed by atoms with Crippen LogP contribution in [-0.4, -0.2) is 79.4 Å². The van der Waals surface area contributed by atoms with Gasteiger partial charge in [0, 0.05) is 52.9 Å². The number of carbonyl (C=O) groups excluding carboxylic acids is 1. The molecule has 0 spiro atoms. The number of carbonyl (C=O) groups is 1. The third kappa shape index (κ3) is 4.70. The maximum absolute atomic E-state index is 12.4.